The first-order valence-corrected chi connectivity index (χ1v) is 8.63. The zero-order chi connectivity index (χ0) is 17.8. The van der Waals surface area contributed by atoms with Gasteiger partial charge in [0, 0.05) is 19.0 Å². The Balaban J connectivity index is 1.48. The van der Waals surface area contributed by atoms with Crippen molar-refractivity contribution in [1.29, 1.82) is 0 Å². The van der Waals surface area contributed by atoms with Crippen molar-refractivity contribution in [3.8, 4) is 0 Å². The molecule has 1 fully saturated rings. The maximum absolute atomic E-state index is 12.3. The molecule has 2 N–H and O–H groups in total. The molecule has 0 aromatic heterocycles. The van der Waals surface area contributed by atoms with E-state index in [4.69, 9.17) is 4.74 Å². The molecule has 1 aromatic carbocycles. The SMILES string of the molecule is CCOC(=O)CNC(=O)N[C@@H]1CC(=O)N(C2Cc3ccccc3C2)C1. The molecule has 0 bridgehead atoms. The minimum Gasteiger partial charge on any atom is -0.465 e. The van der Waals surface area contributed by atoms with E-state index in [0.29, 0.717) is 13.0 Å². The molecule has 0 saturated carbocycles. The number of carbonyl (C=O) groups is 3. The van der Waals surface area contributed by atoms with Gasteiger partial charge in [0.2, 0.25) is 5.91 Å². The molecule has 1 aliphatic carbocycles. The van der Waals surface area contributed by atoms with E-state index in [9.17, 15) is 14.4 Å². The summed E-state index contributed by atoms with van der Waals surface area (Å²) in [7, 11) is 0. The highest BCUT2D eigenvalue weighted by Crippen LogP contribution is 2.28. The van der Waals surface area contributed by atoms with E-state index in [1.165, 1.54) is 11.1 Å². The summed E-state index contributed by atoms with van der Waals surface area (Å²) in [5.74, 6) is -0.418. The van der Waals surface area contributed by atoms with Crippen molar-refractivity contribution in [3.63, 3.8) is 0 Å². The number of hydrogen-bond acceptors (Lipinski definition) is 4. The second-order valence-corrected chi connectivity index (χ2v) is 6.41. The van der Waals surface area contributed by atoms with Crippen LogP contribution in [0, 0.1) is 0 Å². The Morgan fingerprint density at radius 2 is 1.88 bits per heavy atom. The van der Waals surface area contributed by atoms with Gasteiger partial charge in [-0.3, -0.25) is 9.59 Å². The quantitative estimate of drug-likeness (QED) is 0.766. The first kappa shape index (κ1) is 17.3. The van der Waals surface area contributed by atoms with Crippen molar-refractivity contribution in [2.24, 2.45) is 0 Å². The molecular weight excluding hydrogens is 322 g/mol. The Hall–Kier alpha value is -2.57. The van der Waals surface area contributed by atoms with Gasteiger partial charge in [0.15, 0.2) is 0 Å². The van der Waals surface area contributed by atoms with Gasteiger partial charge in [0.25, 0.3) is 0 Å². The molecule has 0 radical (unpaired) electrons. The van der Waals surface area contributed by atoms with Crippen LogP contribution < -0.4 is 10.6 Å². The molecule has 2 aliphatic rings. The van der Waals surface area contributed by atoms with Crippen LogP contribution in [-0.4, -0.2) is 54.6 Å². The summed E-state index contributed by atoms with van der Waals surface area (Å²) in [6.45, 7) is 2.31. The molecule has 1 aromatic rings. The van der Waals surface area contributed by atoms with E-state index < -0.39 is 12.0 Å². The number of fused-ring (bicyclic) bond motifs is 1. The molecule has 134 valence electrons. The topological polar surface area (TPSA) is 87.7 Å². The number of esters is 1. The molecule has 1 saturated heterocycles. The third-order valence-electron chi connectivity index (χ3n) is 4.66. The van der Waals surface area contributed by atoms with E-state index in [1.807, 2.05) is 17.0 Å². The monoisotopic (exact) mass is 345 g/mol. The minimum absolute atomic E-state index is 0.0634. The average molecular weight is 345 g/mol. The van der Waals surface area contributed by atoms with Crippen molar-refractivity contribution >= 4 is 17.9 Å². The molecule has 1 heterocycles. The number of nitrogens with zero attached hydrogens (tertiary/aromatic N) is 1. The van der Waals surface area contributed by atoms with Gasteiger partial charge in [0.1, 0.15) is 6.54 Å². The second kappa shape index (κ2) is 7.55. The fraction of sp³-hybridized carbons (Fsp3) is 0.500. The van der Waals surface area contributed by atoms with Crippen LogP contribution in [0.1, 0.15) is 24.5 Å². The maximum atomic E-state index is 12.3. The predicted molar refractivity (Wildman–Crippen MR) is 90.9 cm³/mol. The smallest absolute Gasteiger partial charge is 0.325 e. The largest absolute Gasteiger partial charge is 0.465 e. The maximum Gasteiger partial charge on any atom is 0.325 e. The van der Waals surface area contributed by atoms with Gasteiger partial charge in [-0.2, -0.15) is 0 Å². The fourth-order valence-electron chi connectivity index (χ4n) is 3.54. The molecule has 3 amide bonds. The molecule has 1 aliphatic heterocycles. The molecule has 25 heavy (non-hydrogen) atoms. The van der Waals surface area contributed by atoms with E-state index in [0.717, 1.165) is 12.8 Å². The normalized spacial score (nSPS) is 19.6. The van der Waals surface area contributed by atoms with Gasteiger partial charge in [0.05, 0.1) is 12.6 Å². The number of ether oxygens (including phenoxy) is 1. The summed E-state index contributed by atoms with van der Waals surface area (Å²) in [4.78, 5) is 37.3. The Labute approximate surface area is 146 Å². The number of urea groups is 1. The van der Waals surface area contributed by atoms with Crippen LogP contribution >= 0.6 is 0 Å². The van der Waals surface area contributed by atoms with E-state index in [-0.39, 0.29) is 31.1 Å². The van der Waals surface area contributed by atoms with Crippen molar-refractivity contribution in [3.05, 3.63) is 35.4 Å². The van der Waals surface area contributed by atoms with E-state index in [2.05, 4.69) is 22.8 Å². The predicted octanol–water partition coefficient (Wildman–Crippen LogP) is 0.617. The van der Waals surface area contributed by atoms with Crippen LogP contribution in [0.5, 0.6) is 0 Å². The first-order chi connectivity index (χ1) is 12.1. The summed E-state index contributed by atoms with van der Waals surface area (Å²) in [6.07, 6.45) is 2.02. The molecule has 0 spiro atoms. The number of hydrogen-bond donors (Lipinski definition) is 2. The van der Waals surface area contributed by atoms with Crippen molar-refractivity contribution in [2.45, 2.75) is 38.3 Å². The second-order valence-electron chi connectivity index (χ2n) is 6.41. The highest BCUT2D eigenvalue weighted by atomic mass is 16.5. The zero-order valence-corrected chi connectivity index (χ0v) is 14.3. The molecule has 7 heteroatoms. The summed E-state index contributed by atoms with van der Waals surface area (Å²) in [6, 6.07) is 7.72. The van der Waals surface area contributed by atoms with Gasteiger partial charge in [-0.05, 0) is 30.9 Å². The van der Waals surface area contributed by atoms with Gasteiger partial charge < -0.3 is 20.3 Å². The molecule has 0 unspecified atom stereocenters. The van der Waals surface area contributed by atoms with Crippen LogP contribution in [0.2, 0.25) is 0 Å². The molecule has 3 rings (SSSR count). The zero-order valence-electron chi connectivity index (χ0n) is 14.3. The molecular formula is C18H23N3O4. The van der Waals surface area contributed by atoms with Gasteiger partial charge in [-0.15, -0.1) is 0 Å². The molecule has 1 atom stereocenters. The first-order valence-electron chi connectivity index (χ1n) is 8.63. The Morgan fingerprint density at radius 1 is 1.20 bits per heavy atom. The number of likely N-dealkylation sites (tertiary alicyclic amines) is 1. The number of rotatable bonds is 5. The van der Waals surface area contributed by atoms with Crippen molar-refractivity contribution < 1.29 is 19.1 Å². The van der Waals surface area contributed by atoms with Crippen LogP contribution in [0.15, 0.2) is 24.3 Å². The highest BCUT2D eigenvalue weighted by Gasteiger charge is 2.37. The lowest BCUT2D eigenvalue weighted by Crippen LogP contribution is -2.46. The third-order valence-corrected chi connectivity index (χ3v) is 4.66. The molecule has 7 nitrogen and oxygen atoms in total. The minimum atomic E-state index is -0.481. The average Bonchev–Trinajstić information content (AvgIpc) is 3.16. The fourth-order valence-corrected chi connectivity index (χ4v) is 3.54. The lowest BCUT2D eigenvalue weighted by molar-refractivity contribution is -0.141. The van der Waals surface area contributed by atoms with E-state index in [1.54, 1.807) is 6.92 Å². The summed E-state index contributed by atoms with van der Waals surface area (Å²) >= 11 is 0. The highest BCUT2D eigenvalue weighted by molar-refractivity contribution is 5.83. The van der Waals surface area contributed by atoms with Crippen LogP contribution in [0.25, 0.3) is 0 Å². The lowest BCUT2D eigenvalue weighted by Gasteiger charge is -2.24. The van der Waals surface area contributed by atoms with Gasteiger partial charge in [-0.1, -0.05) is 24.3 Å². The van der Waals surface area contributed by atoms with Gasteiger partial charge >= 0.3 is 12.0 Å². The van der Waals surface area contributed by atoms with Crippen LogP contribution in [0.3, 0.4) is 0 Å². The van der Waals surface area contributed by atoms with Gasteiger partial charge in [-0.25, -0.2) is 4.79 Å². The number of amides is 3. The number of benzene rings is 1. The standard InChI is InChI=1S/C18H23N3O4/c1-2-25-17(23)10-19-18(24)20-14-9-16(22)21(11-14)15-7-12-5-3-4-6-13(12)8-15/h3-6,14-15H,2,7-11H2,1H3,(H2,19,20,24)/t14-/m1/s1. The summed E-state index contributed by atoms with van der Waals surface area (Å²) in [5.41, 5.74) is 2.59. The summed E-state index contributed by atoms with van der Waals surface area (Å²) < 4.78 is 4.75. The Morgan fingerprint density at radius 3 is 2.52 bits per heavy atom. The Bertz CT molecular complexity index is 651. The lowest BCUT2D eigenvalue weighted by atomic mass is 10.1. The van der Waals surface area contributed by atoms with E-state index >= 15 is 0 Å². The van der Waals surface area contributed by atoms with Crippen molar-refractivity contribution in [2.75, 3.05) is 19.7 Å². The third kappa shape index (κ3) is 4.10. The van der Waals surface area contributed by atoms with Crippen LogP contribution in [0.4, 0.5) is 4.79 Å². The number of nitrogens with one attached hydrogen (secondary N) is 2. The Kier molecular flexibility index (Phi) is 5.21. The number of carbonyl (C=O) groups excluding carboxylic acids is 3. The summed E-state index contributed by atoms with van der Waals surface area (Å²) in [5, 5.41) is 5.21. The van der Waals surface area contributed by atoms with Crippen molar-refractivity contribution in [1.82, 2.24) is 15.5 Å². The van der Waals surface area contributed by atoms with Crippen LogP contribution in [-0.2, 0) is 27.2 Å².